The molecule has 0 heterocycles. The van der Waals surface area contributed by atoms with Gasteiger partial charge in [0.2, 0.25) is 0 Å². The maximum atomic E-state index is 11.1. The molecule has 3 nitrogen and oxygen atoms in total. The van der Waals surface area contributed by atoms with Crippen LogP contribution in [0.5, 0.6) is 0 Å². The van der Waals surface area contributed by atoms with Crippen LogP contribution in [0.1, 0.15) is 70.3 Å². The quantitative estimate of drug-likeness (QED) is 0.462. The molecule has 0 aliphatic carbocycles. The Labute approximate surface area is 129 Å². The van der Waals surface area contributed by atoms with Gasteiger partial charge in [-0.15, -0.1) is 0 Å². The molecular formula is C17H28O3S. The fraction of sp³-hybridized carbons (Fsp3) is 0.647. The van der Waals surface area contributed by atoms with Gasteiger partial charge < -0.3 is 0 Å². The monoisotopic (exact) mass is 312 g/mol. The van der Waals surface area contributed by atoms with Crippen LogP contribution in [0.2, 0.25) is 0 Å². The minimum Gasteiger partial charge on any atom is -0.282 e. The maximum Gasteiger partial charge on any atom is 0.294 e. The average molecular weight is 312 g/mol. The molecule has 0 unspecified atom stereocenters. The zero-order valence-electron chi connectivity index (χ0n) is 13.1. The fourth-order valence-corrected chi connectivity index (χ4v) is 3.05. The molecule has 21 heavy (non-hydrogen) atoms. The first-order chi connectivity index (χ1) is 10.0. The standard InChI is InChI=1S/C17H28O3S/c1-2-3-4-5-6-7-8-9-10-12-16-13-11-14-17(15-16)21(18,19)20/h11,13-15H,2-10,12H2,1H3,(H,18,19,20). The second-order valence-electron chi connectivity index (χ2n) is 5.70. The number of rotatable bonds is 11. The minimum absolute atomic E-state index is 0.00377. The van der Waals surface area contributed by atoms with E-state index in [9.17, 15) is 8.42 Å². The molecular weight excluding hydrogens is 284 g/mol. The molecule has 0 saturated carbocycles. The molecule has 0 amide bonds. The van der Waals surface area contributed by atoms with Crippen molar-refractivity contribution in [3.05, 3.63) is 29.8 Å². The Bertz CT molecular complexity index is 495. The van der Waals surface area contributed by atoms with Crippen molar-refractivity contribution in [3.63, 3.8) is 0 Å². The van der Waals surface area contributed by atoms with E-state index in [-0.39, 0.29) is 4.90 Å². The van der Waals surface area contributed by atoms with Crippen molar-refractivity contribution in [2.45, 2.75) is 76.0 Å². The number of hydrogen-bond donors (Lipinski definition) is 1. The van der Waals surface area contributed by atoms with E-state index < -0.39 is 10.1 Å². The lowest BCUT2D eigenvalue weighted by Gasteiger charge is -2.04. The molecule has 0 aliphatic heterocycles. The summed E-state index contributed by atoms with van der Waals surface area (Å²) in [6, 6.07) is 6.60. The molecule has 4 heteroatoms. The minimum atomic E-state index is -4.08. The first kappa shape index (κ1) is 18.2. The Hall–Kier alpha value is -0.870. The van der Waals surface area contributed by atoms with E-state index in [0.29, 0.717) is 0 Å². The third-order valence-electron chi connectivity index (χ3n) is 3.77. The van der Waals surface area contributed by atoms with Gasteiger partial charge in [-0.3, -0.25) is 4.55 Å². The van der Waals surface area contributed by atoms with Gasteiger partial charge in [0, 0.05) is 0 Å². The molecule has 1 aromatic rings. The van der Waals surface area contributed by atoms with Crippen LogP contribution < -0.4 is 0 Å². The van der Waals surface area contributed by atoms with Gasteiger partial charge in [0.15, 0.2) is 0 Å². The molecule has 0 spiro atoms. The first-order valence-corrected chi connectivity index (χ1v) is 9.54. The van der Waals surface area contributed by atoms with Crippen LogP contribution in [0.3, 0.4) is 0 Å². The smallest absolute Gasteiger partial charge is 0.282 e. The van der Waals surface area contributed by atoms with Gasteiger partial charge in [0.25, 0.3) is 10.1 Å². The summed E-state index contributed by atoms with van der Waals surface area (Å²) in [5.41, 5.74) is 0.980. The Morgan fingerprint density at radius 2 is 1.48 bits per heavy atom. The summed E-state index contributed by atoms with van der Waals surface area (Å²) >= 11 is 0. The third-order valence-corrected chi connectivity index (χ3v) is 4.61. The van der Waals surface area contributed by atoms with Crippen LogP contribution in [-0.4, -0.2) is 13.0 Å². The van der Waals surface area contributed by atoms with Crippen LogP contribution in [0.15, 0.2) is 29.2 Å². The highest BCUT2D eigenvalue weighted by Crippen LogP contribution is 2.15. The fourth-order valence-electron chi connectivity index (χ4n) is 2.50. The van der Waals surface area contributed by atoms with Crippen molar-refractivity contribution < 1.29 is 13.0 Å². The van der Waals surface area contributed by atoms with Crippen LogP contribution in [0.25, 0.3) is 0 Å². The van der Waals surface area contributed by atoms with Gasteiger partial charge >= 0.3 is 0 Å². The average Bonchev–Trinajstić information content (AvgIpc) is 2.45. The molecule has 0 bridgehead atoms. The molecule has 0 aliphatic rings. The van der Waals surface area contributed by atoms with Crippen molar-refractivity contribution >= 4 is 10.1 Å². The summed E-state index contributed by atoms with van der Waals surface area (Å²) in [6.07, 6.45) is 12.4. The molecule has 0 radical (unpaired) electrons. The molecule has 1 rings (SSSR count). The highest BCUT2D eigenvalue weighted by Gasteiger charge is 2.09. The molecule has 1 N–H and O–H groups in total. The van der Waals surface area contributed by atoms with E-state index in [1.807, 2.05) is 6.07 Å². The molecule has 0 aromatic heterocycles. The number of benzene rings is 1. The highest BCUT2D eigenvalue weighted by molar-refractivity contribution is 7.85. The summed E-state index contributed by atoms with van der Waals surface area (Å²) in [7, 11) is -4.08. The number of unbranched alkanes of at least 4 members (excludes halogenated alkanes) is 8. The lowest BCUT2D eigenvalue weighted by atomic mass is 10.0. The third kappa shape index (κ3) is 8.22. The largest absolute Gasteiger partial charge is 0.294 e. The lowest BCUT2D eigenvalue weighted by Crippen LogP contribution is -1.98. The van der Waals surface area contributed by atoms with Gasteiger partial charge in [-0.1, -0.05) is 70.4 Å². The van der Waals surface area contributed by atoms with E-state index in [0.717, 1.165) is 18.4 Å². The summed E-state index contributed by atoms with van der Waals surface area (Å²) in [6.45, 7) is 2.23. The molecule has 0 atom stereocenters. The predicted molar refractivity (Wildman–Crippen MR) is 87.2 cm³/mol. The van der Waals surface area contributed by atoms with Gasteiger partial charge in [0.1, 0.15) is 0 Å². The van der Waals surface area contributed by atoms with Crippen LogP contribution in [-0.2, 0) is 16.5 Å². The second-order valence-corrected chi connectivity index (χ2v) is 7.12. The molecule has 120 valence electrons. The Morgan fingerprint density at radius 1 is 0.905 bits per heavy atom. The van der Waals surface area contributed by atoms with Gasteiger partial charge in [-0.25, -0.2) is 0 Å². The van der Waals surface area contributed by atoms with Crippen molar-refractivity contribution in [2.24, 2.45) is 0 Å². The SMILES string of the molecule is CCCCCCCCCCCc1cccc(S(=O)(=O)O)c1. The number of aryl methyl sites for hydroxylation is 1. The van der Waals surface area contributed by atoms with Crippen molar-refractivity contribution in [3.8, 4) is 0 Å². The second kappa shape index (κ2) is 9.96. The normalized spacial score (nSPS) is 11.7. The summed E-state index contributed by atoms with van der Waals surface area (Å²) in [5.74, 6) is 0. The Kier molecular flexibility index (Phi) is 8.62. The van der Waals surface area contributed by atoms with Crippen molar-refractivity contribution in [1.29, 1.82) is 0 Å². The molecule has 0 fully saturated rings. The van der Waals surface area contributed by atoms with E-state index in [4.69, 9.17) is 4.55 Å². The van der Waals surface area contributed by atoms with E-state index >= 15 is 0 Å². The Balaban J connectivity index is 2.16. The van der Waals surface area contributed by atoms with E-state index in [2.05, 4.69) is 6.92 Å². The lowest BCUT2D eigenvalue weighted by molar-refractivity contribution is 0.483. The van der Waals surface area contributed by atoms with Gasteiger partial charge in [-0.2, -0.15) is 8.42 Å². The zero-order chi connectivity index (χ0) is 15.6. The summed E-state index contributed by atoms with van der Waals surface area (Å²) in [5, 5.41) is 0. The maximum absolute atomic E-state index is 11.1. The summed E-state index contributed by atoms with van der Waals surface area (Å²) in [4.78, 5) is -0.00377. The highest BCUT2D eigenvalue weighted by atomic mass is 32.2. The van der Waals surface area contributed by atoms with Gasteiger partial charge in [0.05, 0.1) is 4.90 Å². The first-order valence-electron chi connectivity index (χ1n) is 8.10. The van der Waals surface area contributed by atoms with Crippen molar-refractivity contribution in [2.75, 3.05) is 0 Å². The molecule has 1 aromatic carbocycles. The zero-order valence-corrected chi connectivity index (χ0v) is 13.9. The van der Waals surface area contributed by atoms with Crippen LogP contribution in [0, 0.1) is 0 Å². The number of hydrogen-bond acceptors (Lipinski definition) is 2. The predicted octanol–water partition coefficient (Wildman–Crippen LogP) is 5.01. The van der Waals surface area contributed by atoms with E-state index in [1.165, 1.54) is 57.4 Å². The van der Waals surface area contributed by atoms with E-state index in [1.54, 1.807) is 12.1 Å². The van der Waals surface area contributed by atoms with Gasteiger partial charge in [-0.05, 0) is 30.5 Å². The van der Waals surface area contributed by atoms with Crippen LogP contribution in [0.4, 0.5) is 0 Å². The van der Waals surface area contributed by atoms with Crippen molar-refractivity contribution in [1.82, 2.24) is 0 Å². The topological polar surface area (TPSA) is 54.4 Å². The Morgan fingerprint density at radius 3 is 2.05 bits per heavy atom. The molecule has 0 saturated heterocycles. The van der Waals surface area contributed by atoms with Crippen LogP contribution >= 0.6 is 0 Å². The summed E-state index contributed by atoms with van der Waals surface area (Å²) < 4.78 is 31.1.